The maximum atomic E-state index is 9.54. The Morgan fingerprint density at radius 3 is 2.55 bits per heavy atom. The van der Waals surface area contributed by atoms with Gasteiger partial charge in [-0.15, -0.1) is 11.3 Å². The molecule has 1 aromatic heterocycles. The first kappa shape index (κ1) is 23.0. The lowest BCUT2D eigenvalue weighted by atomic mass is 10.2. The van der Waals surface area contributed by atoms with E-state index in [-0.39, 0.29) is 6.10 Å². The van der Waals surface area contributed by atoms with Gasteiger partial charge in [-0.1, -0.05) is 6.58 Å². The molecule has 0 aliphatic carbocycles. The number of rotatable bonds is 8. The van der Waals surface area contributed by atoms with Gasteiger partial charge in [-0.3, -0.25) is 4.90 Å². The minimum atomic E-state index is -0.277. The van der Waals surface area contributed by atoms with E-state index in [0.717, 1.165) is 54.0 Å². The van der Waals surface area contributed by atoms with Crippen molar-refractivity contribution in [3.8, 4) is 0 Å². The molecule has 1 aliphatic heterocycles. The van der Waals surface area contributed by atoms with Gasteiger partial charge in [0.15, 0.2) is 0 Å². The van der Waals surface area contributed by atoms with E-state index >= 15 is 0 Å². The highest BCUT2D eigenvalue weighted by atomic mass is 32.1. The summed E-state index contributed by atoms with van der Waals surface area (Å²) in [5.41, 5.74) is 9.86. The van der Waals surface area contributed by atoms with Crippen LogP contribution in [-0.2, 0) is 0 Å². The van der Waals surface area contributed by atoms with Gasteiger partial charge in [0, 0.05) is 50.3 Å². The van der Waals surface area contributed by atoms with E-state index in [4.69, 9.17) is 5.73 Å². The van der Waals surface area contributed by atoms with Crippen LogP contribution in [0.3, 0.4) is 0 Å². The Morgan fingerprint density at radius 2 is 1.97 bits per heavy atom. The highest BCUT2D eigenvalue weighted by Crippen LogP contribution is 2.22. The zero-order valence-electron chi connectivity index (χ0n) is 18.5. The fraction of sp³-hybridized carbons (Fsp3) is 0.391. The molecule has 1 atom stereocenters. The molecule has 1 aliphatic rings. The molecule has 1 unspecified atom stereocenters. The fourth-order valence-corrected chi connectivity index (χ4v) is 4.46. The molecule has 31 heavy (non-hydrogen) atoms. The topological polar surface area (TPSA) is 90.0 Å². The Bertz CT molecular complexity index is 939. The summed E-state index contributed by atoms with van der Waals surface area (Å²) < 4.78 is 0. The second kappa shape index (κ2) is 10.6. The number of anilines is 2. The number of aliphatic hydroxyl groups is 1. The van der Waals surface area contributed by atoms with Crippen LogP contribution in [0.1, 0.15) is 22.5 Å². The Labute approximate surface area is 188 Å². The average Bonchev–Trinajstić information content (AvgIpc) is 3.07. The number of aliphatic imine (C=N–C) groups is 1. The van der Waals surface area contributed by atoms with Gasteiger partial charge < -0.3 is 21.1 Å². The predicted octanol–water partition coefficient (Wildman–Crippen LogP) is 3.22. The molecule has 0 bridgehead atoms. The monoisotopic (exact) mass is 440 g/mol. The molecule has 166 valence electrons. The molecule has 3 rings (SSSR count). The predicted molar refractivity (Wildman–Crippen MR) is 132 cm³/mol. The molecular weight excluding hydrogens is 408 g/mol. The summed E-state index contributed by atoms with van der Waals surface area (Å²) in [6.45, 7) is 14.3. The number of nitrogens with two attached hydrogens (primary N) is 1. The largest absolute Gasteiger partial charge is 0.397 e. The summed E-state index contributed by atoms with van der Waals surface area (Å²) in [6.07, 6.45) is 3.15. The molecule has 0 saturated carbocycles. The molecule has 8 heteroatoms. The number of thiazole rings is 1. The Kier molecular flexibility index (Phi) is 7.84. The van der Waals surface area contributed by atoms with Crippen LogP contribution < -0.4 is 16.0 Å². The first-order chi connectivity index (χ1) is 14.8. The number of aromatic nitrogens is 1. The van der Waals surface area contributed by atoms with Gasteiger partial charge in [0.1, 0.15) is 5.82 Å². The molecule has 0 radical (unpaired) electrons. The summed E-state index contributed by atoms with van der Waals surface area (Å²) in [5.74, 6) is 0.542. The van der Waals surface area contributed by atoms with Crippen molar-refractivity contribution in [2.24, 2.45) is 10.7 Å². The fourth-order valence-electron chi connectivity index (χ4n) is 3.60. The zero-order chi connectivity index (χ0) is 22.4. The molecule has 1 aromatic carbocycles. The number of hydrogen-bond donors (Lipinski definition) is 3. The Balaban J connectivity index is 1.50. The van der Waals surface area contributed by atoms with E-state index in [1.807, 2.05) is 32.9 Å². The second-order valence-corrected chi connectivity index (χ2v) is 9.01. The number of piperazine rings is 1. The van der Waals surface area contributed by atoms with Crippen LogP contribution in [0.15, 0.2) is 47.7 Å². The van der Waals surface area contributed by atoms with Crippen molar-refractivity contribution in [1.82, 2.24) is 9.88 Å². The van der Waals surface area contributed by atoms with E-state index in [2.05, 4.69) is 43.8 Å². The van der Waals surface area contributed by atoms with Crippen LogP contribution in [0.5, 0.6) is 0 Å². The highest BCUT2D eigenvalue weighted by molar-refractivity contribution is 7.12. The molecule has 0 amide bonds. The molecule has 2 aromatic rings. The molecule has 0 spiro atoms. The summed E-state index contributed by atoms with van der Waals surface area (Å²) in [4.78, 5) is 14.4. The molecular formula is C23H32N6OS. The number of benzene rings is 1. The maximum Gasteiger partial charge on any atom is 0.122 e. The van der Waals surface area contributed by atoms with Crippen molar-refractivity contribution in [2.75, 3.05) is 42.9 Å². The number of β-amino-alcohol motifs (C(OH)–C–C–N with tert-alkyl or cyclic N) is 1. The third-order valence-corrected chi connectivity index (χ3v) is 6.19. The van der Waals surface area contributed by atoms with Gasteiger partial charge in [0.05, 0.1) is 27.4 Å². The zero-order valence-corrected chi connectivity index (χ0v) is 19.3. The third-order valence-electron chi connectivity index (χ3n) is 5.07. The smallest absolute Gasteiger partial charge is 0.122 e. The van der Waals surface area contributed by atoms with Crippen LogP contribution in [0.25, 0.3) is 5.70 Å². The van der Waals surface area contributed by atoms with Gasteiger partial charge in [-0.05, 0) is 51.1 Å². The van der Waals surface area contributed by atoms with E-state index in [1.165, 1.54) is 5.69 Å². The molecule has 4 N–H and O–H groups in total. The van der Waals surface area contributed by atoms with Crippen LogP contribution >= 0.6 is 11.3 Å². The number of nitrogens with one attached hydrogen (secondary N) is 1. The van der Waals surface area contributed by atoms with Gasteiger partial charge in [0.25, 0.3) is 0 Å². The number of nitrogens with zero attached hydrogens (tertiary/aromatic N) is 4. The lowest BCUT2D eigenvalue weighted by Gasteiger charge is -2.36. The first-order valence-corrected chi connectivity index (χ1v) is 11.3. The number of aryl methyl sites for hydroxylation is 2. The third kappa shape index (κ3) is 6.65. The Hall–Kier alpha value is -2.68. The van der Waals surface area contributed by atoms with Crippen molar-refractivity contribution >= 4 is 34.6 Å². The van der Waals surface area contributed by atoms with E-state index in [0.29, 0.717) is 11.5 Å². The summed E-state index contributed by atoms with van der Waals surface area (Å²) in [6, 6.07) is 8.28. The summed E-state index contributed by atoms with van der Waals surface area (Å²) in [5, 5.41) is 13.7. The number of aliphatic hydroxyl groups excluding tert-OH is 1. The normalized spacial score (nSPS) is 16.6. The quantitative estimate of drug-likeness (QED) is 0.546. The van der Waals surface area contributed by atoms with Crippen molar-refractivity contribution in [2.45, 2.75) is 26.9 Å². The standard InChI is InChI=1S/C23H32N6OS/c1-16(30)15-28-11-13-29(14-12-28)21-7-5-20(6-8-21)27-18(3)25-10-9-22(24)23-17(2)26-19(4)31-23/h5-10,16,27,30H,3,11-15,24H2,1-2,4H3/b22-9-,25-10?. The average molecular weight is 441 g/mol. The van der Waals surface area contributed by atoms with Crippen LogP contribution in [0.4, 0.5) is 11.4 Å². The minimum absolute atomic E-state index is 0.277. The summed E-state index contributed by atoms with van der Waals surface area (Å²) in [7, 11) is 0. The summed E-state index contributed by atoms with van der Waals surface area (Å²) >= 11 is 1.58. The first-order valence-electron chi connectivity index (χ1n) is 10.5. The van der Waals surface area contributed by atoms with E-state index < -0.39 is 0 Å². The van der Waals surface area contributed by atoms with Crippen molar-refractivity contribution in [3.63, 3.8) is 0 Å². The SMILES string of the molecule is C=C(N=C/C=C(\N)c1sc(C)nc1C)Nc1ccc(N2CCN(CC(C)O)CC2)cc1. The highest BCUT2D eigenvalue weighted by Gasteiger charge is 2.18. The van der Waals surface area contributed by atoms with Crippen LogP contribution in [0.2, 0.25) is 0 Å². The van der Waals surface area contributed by atoms with Crippen molar-refractivity contribution in [3.05, 3.63) is 58.3 Å². The second-order valence-electron chi connectivity index (χ2n) is 7.80. The van der Waals surface area contributed by atoms with E-state index in [9.17, 15) is 5.11 Å². The molecule has 1 fully saturated rings. The lowest BCUT2D eigenvalue weighted by Crippen LogP contribution is -2.48. The maximum absolute atomic E-state index is 9.54. The Morgan fingerprint density at radius 1 is 1.29 bits per heavy atom. The van der Waals surface area contributed by atoms with Crippen LogP contribution in [0, 0.1) is 13.8 Å². The van der Waals surface area contributed by atoms with Crippen molar-refractivity contribution < 1.29 is 5.11 Å². The minimum Gasteiger partial charge on any atom is -0.397 e. The number of allylic oxidation sites excluding steroid dienone is 1. The van der Waals surface area contributed by atoms with Gasteiger partial charge in [-0.2, -0.15) is 0 Å². The van der Waals surface area contributed by atoms with Gasteiger partial charge >= 0.3 is 0 Å². The molecule has 1 saturated heterocycles. The number of hydrogen-bond acceptors (Lipinski definition) is 8. The van der Waals surface area contributed by atoms with E-state index in [1.54, 1.807) is 23.6 Å². The molecule has 7 nitrogen and oxygen atoms in total. The molecule has 2 heterocycles. The van der Waals surface area contributed by atoms with Crippen LogP contribution in [-0.4, -0.2) is 60.0 Å². The van der Waals surface area contributed by atoms with Gasteiger partial charge in [0.2, 0.25) is 0 Å². The van der Waals surface area contributed by atoms with Gasteiger partial charge in [-0.25, -0.2) is 9.98 Å². The van der Waals surface area contributed by atoms with Crippen molar-refractivity contribution in [1.29, 1.82) is 0 Å². The lowest BCUT2D eigenvalue weighted by molar-refractivity contribution is 0.123.